The lowest BCUT2D eigenvalue weighted by atomic mass is 9.97. The number of aromatic nitrogens is 1. The van der Waals surface area contributed by atoms with Crippen molar-refractivity contribution in [3.8, 4) is 0 Å². The quantitative estimate of drug-likeness (QED) is 0.782. The summed E-state index contributed by atoms with van der Waals surface area (Å²) in [6.07, 6.45) is 0.652. The number of hydrogen-bond acceptors (Lipinski definition) is 4. The standard InChI is InChI=1S/C17H22N2O4/c1-22-6-7-23-11-17(21)19-9-16-14(8-12(19)10-20)13-4-2-3-5-15(13)18-16/h2-5,12,18,20H,6-11H2,1H3. The van der Waals surface area contributed by atoms with Crippen molar-refractivity contribution >= 4 is 16.8 Å². The predicted molar refractivity (Wildman–Crippen MR) is 86.1 cm³/mol. The van der Waals surface area contributed by atoms with Gasteiger partial charge in [-0.15, -0.1) is 0 Å². The number of aromatic amines is 1. The number of nitrogens with zero attached hydrogens (tertiary/aromatic N) is 1. The van der Waals surface area contributed by atoms with Crippen LogP contribution in [0.1, 0.15) is 11.3 Å². The minimum Gasteiger partial charge on any atom is -0.394 e. The Kier molecular flexibility index (Phi) is 4.95. The molecule has 1 amide bonds. The van der Waals surface area contributed by atoms with Crippen molar-refractivity contribution in [2.45, 2.75) is 19.0 Å². The van der Waals surface area contributed by atoms with E-state index in [2.05, 4.69) is 11.1 Å². The van der Waals surface area contributed by atoms with Gasteiger partial charge >= 0.3 is 0 Å². The molecule has 3 rings (SSSR count). The van der Waals surface area contributed by atoms with Gasteiger partial charge in [-0.2, -0.15) is 0 Å². The van der Waals surface area contributed by atoms with E-state index in [0.717, 1.165) is 11.2 Å². The molecule has 0 spiro atoms. The van der Waals surface area contributed by atoms with E-state index in [1.54, 1.807) is 12.0 Å². The van der Waals surface area contributed by atoms with Crippen molar-refractivity contribution in [1.82, 2.24) is 9.88 Å². The van der Waals surface area contributed by atoms with Crippen LogP contribution >= 0.6 is 0 Å². The Labute approximate surface area is 135 Å². The highest BCUT2D eigenvalue weighted by atomic mass is 16.5. The Hall–Kier alpha value is -1.89. The maximum atomic E-state index is 12.4. The molecule has 1 aliphatic rings. The first-order valence-corrected chi connectivity index (χ1v) is 7.80. The number of para-hydroxylation sites is 1. The van der Waals surface area contributed by atoms with E-state index < -0.39 is 0 Å². The molecule has 0 saturated carbocycles. The number of H-pyrrole nitrogens is 1. The number of nitrogens with one attached hydrogen (secondary N) is 1. The molecule has 1 aromatic carbocycles. The fourth-order valence-corrected chi connectivity index (χ4v) is 3.11. The van der Waals surface area contributed by atoms with Crippen molar-refractivity contribution in [1.29, 1.82) is 0 Å². The van der Waals surface area contributed by atoms with Crippen molar-refractivity contribution in [2.75, 3.05) is 33.5 Å². The number of methoxy groups -OCH3 is 1. The van der Waals surface area contributed by atoms with Gasteiger partial charge in [0.1, 0.15) is 6.61 Å². The molecule has 1 unspecified atom stereocenters. The number of rotatable bonds is 6. The number of amides is 1. The van der Waals surface area contributed by atoms with Crippen LogP contribution in [0.4, 0.5) is 0 Å². The smallest absolute Gasteiger partial charge is 0.249 e. The fraction of sp³-hybridized carbons (Fsp3) is 0.471. The van der Waals surface area contributed by atoms with Gasteiger partial charge in [-0.05, 0) is 18.1 Å². The lowest BCUT2D eigenvalue weighted by molar-refractivity contribution is -0.141. The van der Waals surface area contributed by atoms with Crippen molar-refractivity contribution in [3.63, 3.8) is 0 Å². The number of fused-ring (bicyclic) bond motifs is 3. The maximum absolute atomic E-state index is 12.4. The molecular formula is C17H22N2O4. The number of carbonyl (C=O) groups excluding carboxylic acids is 1. The van der Waals surface area contributed by atoms with Gasteiger partial charge in [-0.1, -0.05) is 18.2 Å². The first-order chi connectivity index (χ1) is 11.2. The maximum Gasteiger partial charge on any atom is 0.249 e. The summed E-state index contributed by atoms with van der Waals surface area (Å²) in [5.41, 5.74) is 3.31. The summed E-state index contributed by atoms with van der Waals surface area (Å²) >= 11 is 0. The molecule has 0 fully saturated rings. The topological polar surface area (TPSA) is 74.8 Å². The molecule has 2 heterocycles. The van der Waals surface area contributed by atoms with Crippen LogP contribution in [0.2, 0.25) is 0 Å². The first-order valence-electron chi connectivity index (χ1n) is 7.80. The second-order valence-corrected chi connectivity index (χ2v) is 5.74. The fourth-order valence-electron chi connectivity index (χ4n) is 3.11. The summed E-state index contributed by atoms with van der Waals surface area (Å²) in [7, 11) is 1.59. The summed E-state index contributed by atoms with van der Waals surface area (Å²) in [4.78, 5) is 17.5. The van der Waals surface area contributed by atoms with Crippen LogP contribution in [0.15, 0.2) is 24.3 Å². The van der Waals surface area contributed by atoms with E-state index in [4.69, 9.17) is 9.47 Å². The molecule has 0 bridgehead atoms. The van der Waals surface area contributed by atoms with E-state index in [1.807, 2.05) is 18.2 Å². The third-order valence-electron chi connectivity index (χ3n) is 4.30. The second-order valence-electron chi connectivity index (χ2n) is 5.74. The lowest BCUT2D eigenvalue weighted by Gasteiger charge is -2.34. The average Bonchev–Trinajstić information content (AvgIpc) is 2.95. The molecule has 6 nitrogen and oxygen atoms in total. The van der Waals surface area contributed by atoms with Gasteiger partial charge in [0.15, 0.2) is 0 Å². The second kappa shape index (κ2) is 7.12. The largest absolute Gasteiger partial charge is 0.394 e. The van der Waals surface area contributed by atoms with Crippen LogP contribution in [0.5, 0.6) is 0 Å². The van der Waals surface area contributed by atoms with Gasteiger partial charge in [0, 0.05) is 23.7 Å². The molecule has 1 aliphatic heterocycles. The Balaban J connectivity index is 1.76. The predicted octanol–water partition coefficient (Wildman–Crippen LogP) is 1.08. The Morgan fingerprint density at radius 3 is 3.00 bits per heavy atom. The number of aliphatic hydroxyl groups is 1. The third-order valence-corrected chi connectivity index (χ3v) is 4.30. The van der Waals surface area contributed by atoms with Gasteiger partial charge in [0.25, 0.3) is 0 Å². The van der Waals surface area contributed by atoms with Crippen LogP contribution in [-0.2, 0) is 27.2 Å². The van der Waals surface area contributed by atoms with E-state index in [0.29, 0.717) is 26.2 Å². The summed E-state index contributed by atoms with van der Waals surface area (Å²) in [5.74, 6) is -0.107. The Morgan fingerprint density at radius 2 is 2.22 bits per heavy atom. The average molecular weight is 318 g/mol. The number of carbonyl (C=O) groups is 1. The van der Waals surface area contributed by atoms with Gasteiger partial charge in [0.2, 0.25) is 5.91 Å². The van der Waals surface area contributed by atoms with Crippen molar-refractivity contribution in [2.24, 2.45) is 0 Å². The molecule has 0 saturated heterocycles. The third kappa shape index (κ3) is 3.24. The van der Waals surface area contributed by atoms with Crippen LogP contribution in [0.25, 0.3) is 10.9 Å². The molecule has 0 radical (unpaired) electrons. The van der Waals surface area contributed by atoms with Crippen LogP contribution in [0, 0.1) is 0 Å². The highest BCUT2D eigenvalue weighted by Gasteiger charge is 2.31. The van der Waals surface area contributed by atoms with E-state index in [1.165, 1.54) is 10.9 Å². The SMILES string of the molecule is COCCOCC(=O)N1Cc2[nH]c3ccccc3c2CC1CO. The highest BCUT2D eigenvalue weighted by molar-refractivity contribution is 5.86. The molecule has 1 atom stereocenters. The van der Waals surface area contributed by atoms with Gasteiger partial charge in [-0.25, -0.2) is 0 Å². The number of aliphatic hydroxyl groups excluding tert-OH is 1. The van der Waals surface area contributed by atoms with E-state index >= 15 is 0 Å². The Bertz CT molecular complexity index is 682. The van der Waals surface area contributed by atoms with Gasteiger partial charge in [0.05, 0.1) is 32.4 Å². The summed E-state index contributed by atoms with van der Waals surface area (Å²) in [6.45, 7) is 1.28. The molecule has 2 N–H and O–H groups in total. The van der Waals surface area contributed by atoms with E-state index in [9.17, 15) is 9.90 Å². The monoisotopic (exact) mass is 318 g/mol. The highest BCUT2D eigenvalue weighted by Crippen LogP contribution is 2.30. The van der Waals surface area contributed by atoms with Gasteiger partial charge < -0.3 is 24.5 Å². The summed E-state index contributed by atoms with van der Waals surface area (Å²) in [5, 5.41) is 10.9. The van der Waals surface area contributed by atoms with Crippen molar-refractivity contribution in [3.05, 3.63) is 35.5 Å². The first kappa shape index (κ1) is 16.0. The van der Waals surface area contributed by atoms with Crippen molar-refractivity contribution < 1.29 is 19.4 Å². The molecule has 23 heavy (non-hydrogen) atoms. The molecular weight excluding hydrogens is 296 g/mol. The van der Waals surface area contributed by atoms with Crippen LogP contribution in [0.3, 0.4) is 0 Å². The van der Waals surface area contributed by atoms with Gasteiger partial charge in [-0.3, -0.25) is 4.79 Å². The zero-order chi connectivity index (χ0) is 16.2. The number of ether oxygens (including phenoxy) is 2. The zero-order valence-electron chi connectivity index (χ0n) is 13.2. The van der Waals surface area contributed by atoms with E-state index in [-0.39, 0.29) is 25.2 Å². The molecule has 124 valence electrons. The summed E-state index contributed by atoms with van der Waals surface area (Å²) < 4.78 is 10.2. The lowest BCUT2D eigenvalue weighted by Crippen LogP contribution is -2.47. The molecule has 2 aromatic rings. The zero-order valence-corrected chi connectivity index (χ0v) is 13.2. The van der Waals surface area contributed by atoms with Crippen LogP contribution in [-0.4, -0.2) is 60.5 Å². The number of benzene rings is 1. The minimum absolute atomic E-state index is 0.00935. The molecule has 0 aliphatic carbocycles. The normalized spacial score (nSPS) is 17.5. The minimum atomic E-state index is -0.208. The Morgan fingerprint density at radius 1 is 1.39 bits per heavy atom. The summed E-state index contributed by atoms with van der Waals surface area (Å²) in [6, 6.07) is 7.89. The number of hydrogen-bond donors (Lipinski definition) is 2. The molecule has 1 aromatic heterocycles. The van der Waals surface area contributed by atoms with Crippen LogP contribution < -0.4 is 0 Å². The molecule has 6 heteroatoms.